The molecule has 0 aliphatic carbocycles. The lowest BCUT2D eigenvalue weighted by atomic mass is 10.1. The minimum atomic E-state index is -1.19. The zero-order chi connectivity index (χ0) is 18.2. The SMILES string of the molecule is CCCCCCCCCCCCCC(=O)N(CC(=O)O)CC(=O)O. The zero-order valence-corrected chi connectivity index (χ0v) is 15.0. The first-order valence-corrected chi connectivity index (χ1v) is 9.18. The summed E-state index contributed by atoms with van der Waals surface area (Å²) in [7, 11) is 0. The van der Waals surface area contributed by atoms with E-state index in [4.69, 9.17) is 10.2 Å². The highest BCUT2D eigenvalue weighted by Crippen LogP contribution is 2.12. The average molecular weight is 343 g/mol. The molecule has 0 aromatic rings. The number of rotatable bonds is 16. The summed E-state index contributed by atoms with van der Waals surface area (Å²) in [5.74, 6) is -2.78. The maximum Gasteiger partial charge on any atom is 0.323 e. The Morgan fingerprint density at radius 2 is 1.04 bits per heavy atom. The lowest BCUT2D eigenvalue weighted by Crippen LogP contribution is -2.39. The predicted octanol–water partition coefficient (Wildman–Crippen LogP) is 3.69. The maximum absolute atomic E-state index is 11.9. The maximum atomic E-state index is 11.9. The van der Waals surface area contributed by atoms with Gasteiger partial charge in [-0.2, -0.15) is 0 Å². The third-order valence-corrected chi connectivity index (χ3v) is 4.00. The van der Waals surface area contributed by atoms with Gasteiger partial charge >= 0.3 is 11.9 Å². The third kappa shape index (κ3) is 14.0. The standard InChI is InChI=1S/C18H33NO5/c1-2-3-4-5-6-7-8-9-10-11-12-13-16(20)19(14-17(21)22)15-18(23)24/h2-15H2,1H3,(H,21,22)(H,23,24). The predicted molar refractivity (Wildman–Crippen MR) is 92.9 cm³/mol. The van der Waals surface area contributed by atoms with Crippen molar-refractivity contribution in [3.05, 3.63) is 0 Å². The van der Waals surface area contributed by atoms with Crippen molar-refractivity contribution in [2.75, 3.05) is 13.1 Å². The number of aliphatic carboxylic acids is 2. The summed E-state index contributed by atoms with van der Waals surface area (Å²) in [5.41, 5.74) is 0. The van der Waals surface area contributed by atoms with E-state index in [1.165, 1.54) is 44.9 Å². The summed E-state index contributed by atoms with van der Waals surface area (Å²) < 4.78 is 0. The van der Waals surface area contributed by atoms with Gasteiger partial charge in [-0.1, -0.05) is 71.1 Å². The first-order valence-electron chi connectivity index (χ1n) is 9.18. The largest absolute Gasteiger partial charge is 0.480 e. The van der Waals surface area contributed by atoms with E-state index < -0.39 is 30.9 Å². The van der Waals surface area contributed by atoms with Crippen LogP contribution in [0.3, 0.4) is 0 Å². The van der Waals surface area contributed by atoms with E-state index in [0.29, 0.717) is 6.42 Å². The number of carbonyl (C=O) groups is 3. The Hall–Kier alpha value is -1.59. The summed E-state index contributed by atoms with van der Waals surface area (Å²) in [6.45, 7) is 1.11. The second kappa shape index (κ2) is 15.0. The zero-order valence-electron chi connectivity index (χ0n) is 15.0. The van der Waals surface area contributed by atoms with Crippen molar-refractivity contribution in [1.29, 1.82) is 0 Å². The number of carboxylic acid groups (broad SMARTS) is 2. The van der Waals surface area contributed by atoms with Gasteiger partial charge in [0.25, 0.3) is 0 Å². The molecule has 0 unspecified atom stereocenters. The molecule has 2 N–H and O–H groups in total. The van der Waals surface area contributed by atoms with Gasteiger partial charge < -0.3 is 15.1 Å². The number of nitrogens with zero attached hydrogens (tertiary/aromatic N) is 1. The molecule has 0 heterocycles. The van der Waals surface area contributed by atoms with Crippen LogP contribution in [0.5, 0.6) is 0 Å². The molecule has 0 aromatic heterocycles. The van der Waals surface area contributed by atoms with Gasteiger partial charge in [0.2, 0.25) is 5.91 Å². The number of hydrogen-bond donors (Lipinski definition) is 2. The second-order valence-corrected chi connectivity index (χ2v) is 6.32. The molecule has 0 saturated heterocycles. The molecule has 0 aliphatic rings. The van der Waals surface area contributed by atoms with Crippen molar-refractivity contribution in [3.8, 4) is 0 Å². The van der Waals surface area contributed by atoms with Gasteiger partial charge in [0.1, 0.15) is 13.1 Å². The lowest BCUT2D eigenvalue weighted by Gasteiger charge is -2.18. The normalized spacial score (nSPS) is 10.5. The van der Waals surface area contributed by atoms with Crippen molar-refractivity contribution >= 4 is 17.8 Å². The van der Waals surface area contributed by atoms with Crippen molar-refractivity contribution < 1.29 is 24.6 Å². The van der Waals surface area contributed by atoms with E-state index in [2.05, 4.69) is 6.92 Å². The third-order valence-electron chi connectivity index (χ3n) is 4.00. The molecular weight excluding hydrogens is 310 g/mol. The van der Waals surface area contributed by atoms with E-state index >= 15 is 0 Å². The first kappa shape index (κ1) is 22.4. The smallest absolute Gasteiger partial charge is 0.323 e. The summed E-state index contributed by atoms with van der Waals surface area (Å²) in [6, 6.07) is 0. The van der Waals surface area contributed by atoms with Crippen LogP contribution in [0.15, 0.2) is 0 Å². The summed E-state index contributed by atoms with van der Waals surface area (Å²) >= 11 is 0. The van der Waals surface area contributed by atoms with Crippen LogP contribution in [0.1, 0.15) is 84.0 Å². The molecule has 0 rings (SSSR count). The Morgan fingerprint density at radius 1 is 0.667 bits per heavy atom. The van der Waals surface area contributed by atoms with Gasteiger partial charge in [0, 0.05) is 6.42 Å². The highest BCUT2D eigenvalue weighted by atomic mass is 16.4. The van der Waals surface area contributed by atoms with Crippen LogP contribution in [-0.2, 0) is 14.4 Å². The van der Waals surface area contributed by atoms with E-state index in [0.717, 1.165) is 24.2 Å². The highest BCUT2D eigenvalue weighted by molar-refractivity contribution is 5.85. The monoisotopic (exact) mass is 343 g/mol. The quantitative estimate of drug-likeness (QED) is 0.417. The Morgan fingerprint density at radius 3 is 1.42 bits per heavy atom. The molecule has 140 valence electrons. The van der Waals surface area contributed by atoms with Gasteiger partial charge in [-0.3, -0.25) is 14.4 Å². The second-order valence-electron chi connectivity index (χ2n) is 6.32. The molecule has 0 aromatic carbocycles. The number of amides is 1. The van der Waals surface area contributed by atoms with Gasteiger partial charge in [-0.25, -0.2) is 0 Å². The topological polar surface area (TPSA) is 94.9 Å². The van der Waals surface area contributed by atoms with Crippen LogP contribution in [0.25, 0.3) is 0 Å². The van der Waals surface area contributed by atoms with Crippen LogP contribution in [0, 0.1) is 0 Å². The number of unbranched alkanes of at least 4 members (excludes halogenated alkanes) is 10. The highest BCUT2D eigenvalue weighted by Gasteiger charge is 2.18. The lowest BCUT2D eigenvalue weighted by molar-refractivity contribution is -0.149. The molecule has 24 heavy (non-hydrogen) atoms. The van der Waals surface area contributed by atoms with Crippen LogP contribution >= 0.6 is 0 Å². The summed E-state index contributed by atoms with van der Waals surface area (Å²) in [6.07, 6.45) is 13.1. The molecule has 1 amide bonds. The molecule has 0 fully saturated rings. The fraction of sp³-hybridized carbons (Fsp3) is 0.833. The minimum absolute atomic E-state index is 0.220. The molecule has 0 aliphatic heterocycles. The molecule has 0 radical (unpaired) electrons. The molecule has 0 saturated carbocycles. The Bertz CT molecular complexity index is 354. The Balaban J connectivity index is 3.65. The van der Waals surface area contributed by atoms with Gasteiger partial charge in [0.05, 0.1) is 0 Å². The number of carboxylic acids is 2. The van der Waals surface area contributed by atoms with Crippen LogP contribution in [0.2, 0.25) is 0 Å². The first-order chi connectivity index (χ1) is 11.5. The van der Waals surface area contributed by atoms with E-state index in [9.17, 15) is 14.4 Å². The van der Waals surface area contributed by atoms with Crippen molar-refractivity contribution in [2.45, 2.75) is 84.0 Å². The minimum Gasteiger partial charge on any atom is -0.480 e. The van der Waals surface area contributed by atoms with Gasteiger partial charge in [0.15, 0.2) is 0 Å². The fourth-order valence-corrected chi connectivity index (χ4v) is 2.66. The fourth-order valence-electron chi connectivity index (χ4n) is 2.66. The molecule has 6 heteroatoms. The van der Waals surface area contributed by atoms with Crippen LogP contribution in [0.4, 0.5) is 0 Å². The number of carbonyl (C=O) groups excluding carboxylic acids is 1. The van der Waals surface area contributed by atoms with Crippen molar-refractivity contribution in [1.82, 2.24) is 4.90 Å². The van der Waals surface area contributed by atoms with Gasteiger partial charge in [-0.15, -0.1) is 0 Å². The van der Waals surface area contributed by atoms with E-state index in [1.54, 1.807) is 0 Å². The molecule has 0 bridgehead atoms. The van der Waals surface area contributed by atoms with E-state index in [-0.39, 0.29) is 6.42 Å². The number of hydrogen-bond acceptors (Lipinski definition) is 3. The average Bonchev–Trinajstić information content (AvgIpc) is 2.50. The van der Waals surface area contributed by atoms with Crippen molar-refractivity contribution in [3.63, 3.8) is 0 Å². The molecule has 0 spiro atoms. The summed E-state index contributed by atoms with van der Waals surface area (Å²) in [4.78, 5) is 34.1. The molecule has 0 atom stereocenters. The summed E-state index contributed by atoms with van der Waals surface area (Å²) in [5, 5.41) is 17.4. The van der Waals surface area contributed by atoms with Crippen LogP contribution < -0.4 is 0 Å². The Labute approximate surface area is 145 Å². The van der Waals surface area contributed by atoms with E-state index in [1.807, 2.05) is 0 Å². The molecule has 6 nitrogen and oxygen atoms in total. The van der Waals surface area contributed by atoms with Crippen LogP contribution in [-0.4, -0.2) is 46.0 Å². The molecular formula is C18H33NO5. The van der Waals surface area contributed by atoms with Crippen molar-refractivity contribution in [2.24, 2.45) is 0 Å². The van der Waals surface area contributed by atoms with Gasteiger partial charge in [-0.05, 0) is 6.42 Å². The Kier molecular flexibility index (Phi) is 14.0.